The summed E-state index contributed by atoms with van der Waals surface area (Å²) in [5.74, 6) is 0.159. The Morgan fingerprint density at radius 1 is 1.38 bits per heavy atom. The molecule has 1 aliphatic carbocycles. The molecule has 0 atom stereocenters. The van der Waals surface area contributed by atoms with Crippen molar-refractivity contribution >= 4 is 32.9 Å². The quantitative estimate of drug-likeness (QED) is 0.854. The number of hydrogen-bond donors (Lipinski definition) is 1. The Labute approximate surface area is 129 Å². The van der Waals surface area contributed by atoms with Gasteiger partial charge in [-0.2, -0.15) is 0 Å². The molecule has 0 radical (unpaired) electrons. The van der Waals surface area contributed by atoms with Crippen LogP contribution in [-0.2, 0) is 10.0 Å². The molecule has 112 valence electrons. The first-order chi connectivity index (χ1) is 9.83. The number of methoxy groups -OCH3 is 1. The Morgan fingerprint density at radius 2 is 2.10 bits per heavy atom. The summed E-state index contributed by atoms with van der Waals surface area (Å²) in [6.07, 6.45) is 5.32. The van der Waals surface area contributed by atoms with Gasteiger partial charge in [-0.25, -0.2) is 18.4 Å². The molecule has 8 heteroatoms. The van der Waals surface area contributed by atoms with Crippen molar-refractivity contribution < 1.29 is 13.2 Å². The van der Waals surface area contributed by atoms with Gasteiger partial charge in [0.25, 0.3) is 15.9 Å². The lowest BCUT2D eigenvalue weighted by Crippen LogP contribution is -2.22. The zero-order valence-corrected chi connectivity index (χ0v) is 13.5. The number of sulfonamides is 1. The smallest absolute Gasteiger partial charge is 0.264 e. The minimum Gasteiger partial charge on any atom is -0.478 e. The number of nitrogens with zero attached hydrogens (tertiary/aromatic N) is 2. The fraction of sp³-hybridized carbons (Fsp3) is 0.308. The highest BCUT2D eigenvalue weighted by Gasteiger charge is 2.25. The zero-order valence-electron chi connectivity index (χ0n) is 11.9. The third-order valence-corrected chi connectivity index (χ3v) is 4.74. The van der Waals surface area contributed by atoms with Gasteiger partial charge in [0, 0.05) is 11.3 Å². The number of aryl methyl sites for hydroxylation is 1. The molecule has 0 fully saturated rings. The lowest BCUT2D eigenvalue weighted by atomic mass is 10.1. The summed E-state index contributed by atoms with van der Waals surface area (Å²) >= 11 is 5.13. The fourth-order valence-corrected chi connectivity index (χ4v) is 3.48. The number of allylic oxidation sites excluding steroid dienone is 4. The number of aromatic nitrogens is 2. The van der Waals surface area contributed by atoms with E-state index in [1.165, 1.54) is 13.3 Å². The number of rotatable bonds is 4. The van der Waals surface area contributed by atoms with Crippen molar-refractivity contribution in [2.45, 2.75) is 20.3 Å². The molecule has 0 spiro atoms. The van der Waals surface area contributed by atoms with Crippen LogP contribution in [0, 0.1) is 6.92 Å². The van der Waals surface area contributed by atoms with Crippen molar-refractivity contribution in [1.29, 1.82) is 0 Å². The van der Waals surface area contributed by atoms with E-state index in [4.69, 9.17) is 17.0 Å². The van der Waals surface area contributed by atoms with Gasteiger partial charge in [0.05, 0.1) is 19.0 Å². The second-order valence-corrected chi connectivity index (χ2v) is 6.70. The lowest BCUT2D eigenvalue weighted by Gasteiger charge is -2.15. The van der Waals surface area contributed by atoms with Crippen molar-refractivity contribution in [2.24, 2.45) is 0 Å². The minimum absolute atomic E-state index is 0.0407. The van der Waals surface area contributed by atoms with Crippen LogP contribution in [0.25, 0.3) is 0 Å². The van der Waals surface area contributed by atoms with Crippen LogP contribution in [-0.4, -0.2) is 30.4 Å². The summed E-state index contributed by atoms with van der Waals surface area (Å²) in [6, 6.07) is 0. The van der Waals surface area contributed by atoms with Gasteiger partial charge in [0.15, 0.2) is 0 Å². The third-order valence-electron chi connectivity index (χ3n) is 2.82. The molecule has 21 heavy (non-hydrogen) atoms. The second kappa shape index (κ2) is 5.90. The summed E-state index contributed by atoms with van der Waals surface area (Å²) in [5, 5.41) is 0. The molecule has 0 unspecified atom stereocenters. The summed E-state index contributed by atoms with van der Waals surface area (Å²) in [4.78, 5) is 8.54. The van der Waals surface area contributed by atoms with Crippen LogP contribution in [0.15, 0.2) is 28.8 Å². The first-order valence-electron chi connectivity index (χ1n) is 6.15. The maximum Gasteiger partial charge on any atom is 0.264 e. The molecular formula is C13H15N3O3S2. The highest BCUT2D eigenvalue weighted by Crippen LogP contribution is 2.25. The van der Waals surface area contributed by atoms with Gasteiger partial charge in [-0.1, -0.05) is 23.9 Å². The van der Waals surface area contributed by atoms with Gasteiger partial charge in [0.2, 0.25) is 5.82 Å². The van der Waals surface area contributed by atoms with E-state index in [9.17, 15) is 8.42 Å². The summed E-state index contributed by atoms with van der Waals surface area (Å²) in [7, 11) is -2.42. The van der Waals surface area contributed by atoms with Gasteiger partial charge in [-0.05, 0) is 19.9 Å². The largest absolute Gasteiger partial charge is 0.478 e. The maximum atomic E-state index is 12.4. The molecule has 1 aliphatic rings. The molecule has 1 aromatic heterocycles. The van der Waals surface area contributed by atoms with Gasteiger partial charge in [-0.15, -0.1) is 0 Å². The molecule has 0 aliphatic heterocycles. The van der Waals surface area contributed by atoms with E-state index in [0.29, 0.717) is 17.0 Å². The Hall–Kier alpha value is -1.80. The molecule has 0 bridgehead atoms. The molecule has 1 aromatic rings. The normalized spacial score (nSPS) is 15.3. The van der Waals surface area contributed by atoms with Crippen LogP contribution >= 0.6 is 12.2 Å². The molecule has 0 amide bonds. The summed E-state index contributed by atoms with van der Waals surface area (Å²) < 4.78 is 32.3. The van der Waals surface area contributed by atoms with Crippen LogP contribution in [0.4, 0.5) is 5.82 Å². The van der Waals surface area contributed by atoms with Crippen LogP contribution in [0.5, 0.6) is 5.88 Å². The molecule has 0 saturated heterocycles. The molecular weight excluding hydrogens is 310 g/mol. The van der Waals surface area contributed by atoms with E-state index in [0.717, 1.165) is 5.57 Å². The zero-order chi connectivity index (χ0) is 15.6. The molecule has 1 N–H and O–H groups in total. The third kappa shape index (κ3) is 3.45. The second-order valence-electron chi connectivity index (χ2n) is 4.56. The topological polar surface area (TPSA) is 81.2 Å². The van der Waals surface area contributed by atoms with E-state index >= 15 is 0 Å². The highest BCUT2D eigenvalue weighted by atomic mass is 32.2. The predicted molar refractivity (Wildman–Crippen MR) is 84.9 cm³/mol. The molecule has 0 saturated carbocycles. The monoisotopic (exact) mass is 325 g/mol. The number of anilines is 1. The van der Waals surface area contributed by atoms with Gasteiger partial charge in [-0.3, -0.25) is 4.72 Å². The fourth-order valence-electron chi connectivity index (χ4n) is 1.78. The van der Waals surface area contributed by atoms with Crippen molar-refractivity contribution in [3.63, 3.8) is 0 Å². The number of nitrogens with one attached hydrogen (secondary N) is 1. The first kappa shape index (κ1) is 15.6. The van der Waals surface area contributed by atoms with Crippen LogP contribution in [0.1, 0.15) is 19.0 Å². The van der Waals surface area contributed by atoms with Gasteiger partial charge < -0.3 is 4.74 Å². The van der Waals surface area contributed by atoms with E-state index in [1.54, 1.807) is 13.0 Å². The summed E-state index contributed by atoms with van der Waals surface area (Å²) in [6.45, 7) is 3.56. The van der Waals surface area contributed by atoms with E-state index in [2.05, 4.69) is 14.7 Å². The van der Waals surface area contributed by atoms with Crippen molar-refractivity contribution in [3.8, 4) is 5.88 Å². The van der Waals surface area contributed by atoms with Crippen LogP contribution in [0.3, 0.4) is 0 Å². The number of hydrogen-bond acceptors (Lipinski definition) is 6. The highest BCUT2D eigenvalue weighted by molar-refractivity contribution is 7.99. The van der Waals surface area contributed by atoms with E-state index in [1.807, 2.05) is 13.0 Å². The summed E-state index contributed by atoms with van der Waals surface area (Å²) in [5.41, 5.74) is 1.48. The average molecular weight is 325 g/mol. The van der Waals surface area contributed by atoms with Crippen molar-refractivity contribution in [1.82, 2.24) is 9.97 Å². The van der Waals surface area contributed by atoms with Crippen molar-refractivity contribution in [3.05, 3.63) is 34.5 Å². The SMILES string of the molecule is COc1nc(C)cnc1NS(=O)(=O)C1=CC(C)=CCC1=S. The number of ether oxygens (including phenoxy) is 1. The Kier molecular flexibility index (Phi) is 4.38. The average Bonchev–Trinajstić information content (AvgIpc) is 2.43. The molecule has 6 nitrogen and oxygen atoms in total. The molecule has 2 rings (SSSR count). The lowest BCUT2D eigenvalue weighted by molar-refractivity contribution is 0.397. The first-order valence-corrected chi connectivity index (χ1v) is 8.05. The Bertz CT molecular complexity index is 752. The number of thiocarbonyl (C=S) groups is 1. The minimum atomic E-state index is -3.82. The molecule has 1 heterocycles. The molecule has 0 aromatic carbocycles. The Morgan fingerprint density at radius 3 is 2.76 bits per heavy atom. The van der Waals surface area contributed by atoms with Gasteiger partial charge in [0.1, 0.15) is 4.91 Å². The maximum absolute atomic E-state index is 12.4. The Balaban J connectivity index is 2.39. The van der Waals surface area contributed by atoms with E-state index < -0.39 is 10.0 Å². The van der Waals surface area contributed by atoms with Crippen LogP contribution in [0.2, 0.25) is 0 Å². The standard InChI is InChI=1S/C13H15N3O3S2/c1-8-4-5-10(20)11(6-8)21(17,18)16-12-13(19-3)15-9(2)7-14-12/h4,6-7H,5H2,1-3H3,(H,14,16). The van der Waals surface area contributed by atoms with Crippen molar-refractivity contribution in [2.75, 3.05) is 11.8 Å². The predicted octanol–water partition coefficient (Wildman–Crippen LogP) is 2.14. The van der Waals surface area contributed by atoms with Crippen LogP contribution < -0.4 is 9.46 Å². The van der Waals surface area contributed by atoms with Gasteiger partial charge >= 0.3 is 0 Å². The van der Waals surface area contributed by atoms with E-state index in [-0.39, 0.29) is 16.6 Å².